The molecule has 0 radical (unpaired) electrons. The van der Waals surface area contributed by atoms with Gasteiger partial charge in [0.2, 0.25) is 18.6 Å². The zero-order chi connectivity index (χ0) is 19.0. The van der Waals surface area contributed by atoms with E-state index in [0.29, 0.717) is 17.1 Å². The van der Waals surface area contributed by atoms with Gasteiger partial charge in [-0.3, -0.25) is 0 Å². The summed E-state index contributed by atoms with van der Waals surface area (Å²) in [5.41, 5.74) is 0.449. The van der Waals surface area contributed by atoms with Crippen LogP contribution in [0.15, 0.2) is 40.9 Å². The number of carbonyl (C=O) groups excluding carboxylic acids is 1. The van der Waals surface area contributed by atoms with E-state index in [2.05, 4.69) is 19.9 Å². The summed E-state index contributed by atoms with van der Waals surface area (Å²) in [5, 5.41) is 7.64. The monoisotopic (exact) mass is 379 g/mol. The van der Waals surface area contributed by atoms with E-state index in [-0.39, 0.29) is 24.1 Å². The van der Waals surface area contributed by atoms with Gasteiger partial charge in [0.1, 0.15) is 5.56 Å². The van der Waals surface area contributed by atoms with E-state index in [4.69, 9.17) is 13.9 Å². The van der Waals surface area contributed by atoms with Gasteiger partial charge in [-0.2, -0.15) is 13.2 Å². The van der Waals surface area contributed by atoms with Crippen LogP contribution >= 0.6 is 0 Å². The zero-order valence-corrected chi connectivity index (χ0v) is 13.2. The van der Waals surface area contributed by atoms with Crippen molar-refractivity contribution in [2.45, 2.75) is 6.18 Å². The van der Waals surface area contributed by atoms with Gasteiger partial charge in [-0.05, 0) is 30.3 Å². The number of rotatable bonds is 3. The van der Waals surface area contributed by atoms with Crippen molar-refractivity contribution >= 4 is 5.97 Å². The Labute approximate surface area is 148 Å². The summed E-state index contributed by atoms with van der Waals surface area (Å²) < 4.78 is 57.5. The molecule has 0 saturated heterocycles. The van der Waals surface area contributed by atoms with Crippen LogP contribution in [0, 0.1) is 0 Å². The summed E-state index contributed by atoms with van der Waals surface area (Å²) in [6, 6.07) is 7.68. The van der Waals surface area contributed by atoms with Crippen LogP contribution in [0.3, 0.4) is 0 Å². The largest absolute Gasteiger partial charge is 0.491 e. The molecule has 1 aliphatic rings. The maximum Gasteiger partial charge on any atom is 0.491 e. The van der Waals surface area contributed by atoms with Gasteiger partial charge < -0.3 is 18.6 Å². The van der Waals surface area contributed by atoms with E-state index in [0.717, 1.165) is 6.20 Å². The maximum absolute atomic E-state index is 12.4. The molecule has 4 rings (SSSR count). The number of alkyl halides is 3. The maximum atomic E-state index is 12.4. The number of nitrogens with zero attached hydrogens (tertiary/aromatic N) is 3. The molecule has 1 aliphatic heterocycles. The molecule has 8 nitrogen and oxygen atoms in total. The molecule has 3 heterocycles. The molecule has 0 unspecified atom stereocenters. The fourth-order valence-electron chi connectivity index (χ4n) is 2.26. The summed E-state index contributed by atoms with van der Waals surface area (Å²) in [6.45, 7) is 0.0947. The molecule has 0 aliphatic carbocycles. The molecular weight excluding hydrogens is 371 g/mol. The first kappa shape index (κ1) is 16.8. The van der Waals surface area contributed by atoms with Gasteiger partial charge >= 0.3 is 12.1 Å². The molecule has 1 aromatic carbocycles. The van der Waals surface area contributed by atoms with Crippen molar-refractivity contribution < 1.29 is 36.6 Å². The minimum atomic E-state index is -5.17. The molecule has 27 heavy (non-hydrogen) atoms. The third kappa shape index (κ3) is 3.26. The fraction of sp³-hybridized carbons (Fsp3) is 0.125. The van der Waals surface area contributed by atoms with Crippen molar-refractivity contribution in [1.82, 2.24) is 15.2 Å². The van der Waals surface area contributed by atoms with Crippen molar-refractivity contribution in [3.8, 4) is 40.3 Å². The smallest absolute Gasteiger partial charge is 0.454 e. The highest BCUT2D eigenvalue weighted by Gasteiger charge is 2.42. The number of benzene rings is 1. The van der Waals surface area contributed by atoms with E-state index >= 15 is 0 Å². The Kier molecular flexibility index (Phi) is 3.90. The summed E-state index contributed by atoms with van der Waals surface area (Å²) in [4.78, 5) is 14.7. The second-order valence-corrected chi connectivity index (χ2v) is 5.22. The van der Waals surface area contributed by atoms with Gasteiger partial charge in [0.05, 0.1) is 0 Å². The lowest BCUT2D eigenvalue weighted by atomic mass is 10.2. The SMILES string of the molecule is O=C(Oc1ncccc1-c1nnc(-c2ccc3c(c2)OCO3)o1)C(F)(F)F. The lowest BCUT2D eigenvalue weighted by Gasteiger charge is -2.07. The Hall–Kier alpha value is -3.63. The first-order valence-electron chi connectivity index (χ1n) is 7.40. The molecular formula is C16H8F3N3O5. The van der Waals surface area contributed by atoms with Crippen molar-refractivity contribution in [3.05, 3.63) is 36.5 Å². The molecule has 138 valence electrons. The Bertz CT molecular complexity index is 1020. The predicted molar refractivity (Wildman–Crippen MR) is 80.8 cm³/mol. The van der Waals surface area contributed by atoms with E-state index in [9.17, 15) is 18.0 Å². The number of fused-ring (bicyclic) bond motifs is 1. The predicted octanol–water partition coefficient (Wildman–Crippen LogP) is 3.00. The highest BCUT2D eigenvalue weighted by molar-refractivity contribution is 5.79. The molecule has 0 amide bonds. The first-order valence-corrected chi connectivity index (χ1v) is 7.40. The lowest BCUT2D eigenvalue weighted by molar-refractivity contribution is -0.189. The van der Waals surface area contributed by atoms with Crippen molar-refractivity contribution in [2.24, 2.45) is 0 Å². The number of hydrogen-bond donors (Lipinski definition) is 0. The summed E-state index contributed by atoms with van der Waals surface area (Å²) in [7, 11) is 0. The third-order valence-corrected chi connectivity index (χ3v) is 3.47. The molecule has 2 aromatic heterocycles. The Morgan fingerprint density at radius 3 is 2.67 bits per heavy atom. The third-order valence-electron chi connectivity index (χ3n) is 3.47. The molecule has 0 atom stereocenters. The van der Waals surface area contributed by atoms with E-state index < -0.39 is 18.0 Å². The average Bonchev–Trinajstić information content (AvgIpc) is 3.30. The average molecular weight is 379 g/mol. The van der Waals surface area contributed by atoms with E-state index in [1.807, 2.05) is 0 Å². The molecule has 0 spiro atoms. The number of esters is 1. The van der Waals surface area contributed by atoms with Crippen LogP contribution in [0.4, 0.5) is 13.2 Å². The van der Waals surface area contributed by atoms with Crippen molar-refractivity contribution in [2.75, 3.05) is 6.79 Å². The van der Waals surface area contributed by atoms with Gasteiger partial charge in [0.25, 0.3) is 5.89 Å². The molecule has 3 aromatic rings. The van der Waals surface area contributed by atoms with Gasteiger partial charge in [0, 0.05) is 11.8 Å². The second kappa shape index (κ2) is 6.27. The zero-order valence-electron chi connectivity index (χ0n) is 13.2. The van der Waals surface area contributed by atoms with Crippen LogP contribution in [-0.4, -0.2) is 34.1 Å². The van der Waals surface area contributed by atoms with Crippen molar-refractivity contribution in [1.29, 1.82) is 0 Å². The molecule has 0 saturated carbocycles. The van der Waals surface area contributed by atoms with Crippen molar-refractivity contribution in [3.63, 3.8) is 0 Å². The second-order valence-electron chi connectivity index (χ2n) is 5.22. The normalized spacial score (nSPS) is 12.9. The van der Waals surface area contributed by atoms with Gasteiger partial charge in [0.15, 0.2) is 11.5 Å². The number of pyridine rings is 1. The minimum absolute atomic E-state index is 0.0606. The molecule has 0 fully saturated rings. The number of aromatic nitrogens is 3. The summed E-state index contributed by atoms with van der Waals surface area (Å²) >= 11 is 0. The molecule has 0 bridgehead atoms. The molecule has 11 heteroatoms. The van der Waals surface area contributed by atoms with E-state index in [1.54, 1.807) is 18.2 Å². The highest BCUT2D eigenvalue weighted by Crippen LogP contribution is 2.36. The van der Waals surface area contributed by atoms with Crippen LogP contribution < -0.4 is 14.2 Å². The number of hydrogen-bond acceptors (Lipinski definition) is 8. The Morgan fingerprint density at radius 2 is 1.85 bits per heavy atom. The van der Waals surface area contributed by atoms with Crippen LogP contribution in [0.5, 0.6) is 17.4 Å². The van der Waals surface area contributed by atoms with Crippen LogP contribution in [0.2, 0.25) is 0 Å². The van der Waals surface area contributed by atoms with Gasteiger partial charge in [-0.25, -0.2) is 9.78 Å². The quantitative estimate of drug-likeness (QED) is 0.641. The standard InChI is InChI=1S/C16H8F3N3O5/c17-16(18,19)15(23)27-13-9(2-1-5-20-13)14-22-21-12(26-14)8-3-4-10-11(6-8)25-7-24-10/h1-6H,7H2. The summed E-state index contributed by atoms with van der Waals surface area (Å²) in [6.07, 6.45) is -4.00. The van der Waals surface area contributed by atoms with Crippen LogP contribution in [-0.2, 0) is 4.79 Å². The highest BCUT2D eigenvalue weighted by atomic mass is 19.4. The Balaban J connectivity index is 1.65. The van der Waals surface area contributed by atoms with Crippen LogP contribution in [0.1, 0.15) is 0 Å². The fourth-order valence-corrected chi connectivity index (χ4v) is 2.26. The van der Waals surface area contributed by atoms with Gasteiger partial charge in [-0.1, -0.05) is 0 Å². The Morgan fingerprint density at radius 1 is 1.07 bits per heavy atom. The van der Waals surface area contributed by atoms with E-state index in [1.165, 1.54) is 12.1 Å². The minimum Gasteiger partial charge on any atom is -0.454 e. The number of ether oxygens (including phenoxy) is 3. The van der Waals surface area contributed by atoms with Gasteiger partial charge in [-0.15, -0.1) is 10.2 Å². The first-order chi connectivity index (χ1) is 12.9. The molecule has 0 N–H and O–H groups in total. The van der Waals surface area contributed by atoms with Crippen LogP contribution in [0.25, 0.3) is 22.9 Å². The topological polar surface area (TPSA) is 96.6 Å². The lowest BCUT2D eigenvalue weighted by Crippen LogP contribution is -2.28. The number of carbonyl (C=O) groups is 1. The number of halogens is 3. The summed E-state index contributed by atoms with van der Waals surface area (Å²) in [5.74, 6) is -2.03.